The van der Waals surface area contributed by atoms with Crippen LogP contribution < -0.4 is 10.1 Å². The van der Waals surface area contributed by atoms with E-state index in [2.05, 4.69) is 31.3 Å². The van der Waals surface area contributed by atoms with Gasteiger partial charge >= 0.3 is 0 Å². The van der Waals surface area contributed by atoms with Crippen molar-refractivity contribution in [2.75, 3.05) is 18.2 Å². The molecular formula is C27H26ClN3O2S. The predicted molar refractivity (Wildman–Crippen MR) is 144 cm³/mol. The minimum atomic E-state index is -0.109. The van der Waals surface area contributed by atoms with E-state index in [-0.39, 0.29) is 11.7 Å². The number of nitrogens with one attached hydrogen (secondary N) is 1. The minimum Gasteiger partial charge on any atom is -0.497 e. The first-order valence-electron chi connectivity index (χ1n) is 10.9. The summed E-state index contributed by atoms with van der Waals surface area (Å²) >= 11 is 7.51. The van der Waals surface area contributed by atoms with E-state index in [1.165, 1.54) is 11.8 Å². The number of amides is 1. The number of halogens is 1. The molecule has 0 radical (unpaired) electrons. The Morgan fingerprint density at radius 2 is 1.74 bits per heavy atom. The molecule has 0 saturated heterocycles. The molecule has 1 aliphatic heterocycles. The number of nitrogens with zero attached hydrogens (tertiary/aromatic N) is 2. The van der Waals surface area contributed by atoms with Crippen molar-refractivity contribution in [3.63, 3.8) is 0 Å². The van der Waals surface area contributed by atoms with Gasteiger partial charge in [0.05, 0.1) is 35.0 Å². The maximum atomic E-state index is 12.7. The maximum absolute atomic E-state index is 12.7. The Kier molecular flexibility index (Phi) is 7.39. The number of aryl methyl sites for hydroxylation is 3. The van der Waals surface area contributed by atoms with Crippen LogP contribution in [0.5, 0.6) is 5.75 Å². The molecule has 1 heterocycles. The van der Waals surface area contributed by atoms with Gasteiger partial charge in [-0.15, -0.1) is 11.8 Å². The van der Waals surface area contributed by atoms with Crippen molar-refractivity contribution < 1.29 is 9.53 Å². The third-order valence-corrected chi connectivity index (χ3v) is 6.87. The number of carbonyl (C=O) groups excluding carboxylic acids is 1. The van der Waals surface area contributed by atoms with E-state index in [0.717, 1.165) is 55.8 Å². The SMILES string of the molecule is COc1cccc(C2=Nc3cc(C)c(C)cc3N=C(SCC(=O)Nc3cc(Cl)ccc3C)C2)c1. The highest BCUT2D eigenvalue weighted by molar-refractivity contribution is 8.14. The van der Waals surface area contributed by atoms with Crippen LogP contribution in [0.25, 0.3) is 0 Å². The van der Waals surface area contributed by atoms with Crippen molar-refractivity contribution in [1.29, 1.82) is 0 Å². The average molecular weight is 492 g/mol. The van der Waals surface area contributed by atoms with Crippen molar-refractivity contribution in [3.8, 4) is 5.75 Å². The molecule has 0 fully saturated rings. The second kappa shape index (κ2) is 10.5. The summed E-state index contributed by atoms with van der Waals surface area (Å²) in [6.45, 7) is 6.08. The number of carbonyl (C=O) groups is 1. The molecule has 0 spiro atoms. The van der Waals surface area contributed by atoms with Gasteiger partial charge in [0.2, 0.25) is 5.91 Å². The predicted octanol–water partition coefficient (Wildman–Crippen LogP) is 7.20. The van der Waals surface area contributed by atoms with E-state index in [1.807, 2.05) is 43.3 Å². The number of hydrogen-bond donors (Lipinski definition) is 1. The van der Waals surface area contributed by atoms with Gasteiger partial charge in [0, 0.05) is 22.7 Å². The molecule has 1 aliphatic rings. The van der Waals surface area contributed by atoms with E-state index in [0.29, 0.717) is 11.4 Å². The molecule has 174 valence electrons. The summed E-state index contributed by atoms with van der Waals surface area (Å²) < 4.78 is 5.41. The molecule has 7 heteroatoms. The average Bonchev–Trinajstić information content (AvgIpc) is 2.99. The zero-order valence-corrected chi connectivity index (χ0v) is 21.2. The van der Waals surface area contributed by atoms with Gasteiger partial charge < -0.3 is 10.1 Å². The highest BCUT2D eigenvalue weighted by Gasteiger charge is 2.18. The van der Waals surface area contributed by atoms with Crippen molar-refractivity contribution in [1.82, 2.24) is 0 Å². The topological polar surface area (TPSA) is 63.1 Å². The number of hydrogen-bond acceptors (Lipinski definition) is 5. The number of anilines is 1. The molecule has 0 atom stereocenters. The Morgan fingerprint density at radius 3 is 2.47 bits per heavy atom. The Hall–Kier alpha value is -3.09. The summed E-state index contributed by atoms with van der Waals surface area (Å²) in [6, 6.07) is 17.4. The molecule has 0 saturated carbocycles. The van der Waals surface area contributed by atoms with Gasteiger partial charge in [0.25, 0.3) is 0 Å². The first-order chi connectivity index (χ1) is 16.3. The lowest BCUT2D eigenvalue weighted by atomic mass is 10.1. The van der Waals surface area contributed by atoms with Gasteiger partial charge in [0.15, 0.2) is 0 Å². The molecule has 1 amide bonds. The summed E-state index contributed by atoms with van der Waals surface area (Å²) in [4.78, 5) is 22.6. The van der Waals surface area contributed by atoms with Crippen LogP contribution in [-0.4, -0.2) is 29.5 Å². The fourth-order valence-corrected chi connectivity index (χ4v) is 4.53. The fourth-order valence-electron chi connectivity index (χ4n) is 3.58. The Balaban J connectivity index is 1.60. The molecule has 34 heavy (non-hydrogen) atoms. The number of fused-ring (bicyclic) bond motifs is 1. The van der Waals surface area contributed by atoms with Crippen LogP contribution in [0.2, 0.25) is 5.02 Å². The molecule has 0 aliphatic carbocycles. The Bertz CT molecular complexity index is 1320. The van der Waals surface area contributed by atoms with Crippen LogP contribution in [0, 0.1) is 20.8 Å². The van der Waals surface area contributed by atoms with Crippen LogP contribution >= 0.6 is 23.4 Å². The van der Waals surface area contributed by atoms with Gasteiger partial charge in [-0.1, -0.05) is 29.8 Å². The van der Waals surface area contributed by atoms with Gasteiger partial charge in [-0.05, 0) is 73.9 Å². The fraction of sp³-hybridized carbons (Fsp3) is 0.222. The van der Waals surface area contributed by atoms with Gasteiger partial charge in [-0.25, -0.2) is 4.99 Å². The number of benzene rings is 3. The largest absolute Gasteiger partial charge is 0.497 e. The molecular weight excluding hydrogens is 466 g/mol. The molecule has 3 aromatic carbocycles. The summed E-state index contributed by atoms with van der Waals surface area (Å²) in [5.74, 6) is 0.894. The molecule has 1 N–H and O–H groups in total. The van der Waals surface area contributed by atoms with Gasteiger partial charge in [-0.3, -0.25) is 9.79 Å². The highest BCUT2D eigenvalue weighted by Crippen LogP contribution is 2.36. The Morgan fingerprint density at radius 1 is 1.00 bits per heavy atom. The lowest BCUT2D eigenvalue weighted by molar-refractivity contribution is -0.113. The third kappa shape index (κ3) is 5.69. The summed E-state index contributed by atoms with van der Waals surface area (Å²) in [5.41, 5.74) is 7.50. The number of thioether (sulfide) groups is 1. The summed E-state index contributed by atoms with van der Waals surface area (Å²) in [5, 5.41) is 4.37. The van der Waals surface area contributed by atoms with Crippen molar-refractivity contribution in [2.45, 2.75) is 27.2 Å². The second-order valence-corrected chi connectivity index (χ2v) is 9.68. The van der Waals surface area contributed by atoms with Crippen LogP contribution in [0.1, 0.15) is 28.7 Å². The monoisotopic (exact) mass is 491 g/mol. The number of aliphatic imine (C=N–C) groups is 2. The lowest BCUT2D eigenvalue weighted by Crippen LogP contribution is -2.17. The zero-order valence-electron chi connectivity index (χ0n) is 19.6. The Labute approximate surface area is 209 Å². The van der Waals surface area contributed by atoms with E-state index in [4.69, 9.17) is 26.3 Å². The first kappa shape index (κ1) is 24.0. The van der Waals surface area contributed by atoms with Crippen LogP contribution in [0.15, 0.2) is 64.6 Å². The van der Waals surface area contributed by atoms with Crippen molar-refractivity contribution in [2.24, 2.45) is 9.98 Å². The van der Waals surface area contributed by atoms with E-state index in [1.54, 1.807) is 13.2 Å². The van der Waals surface area contributed by atoms with Crippen LogP contribution in [-0.2, 0) is 4.79 Å². The van der Waals surface area contributed by atoms with Crippen LogP contribution in [0.4, 0.5) is 17.1 Å². The van der Waals surface area contributed by atoms with Gasteiger partial charge in [0.1, 0.15) is 5.75 Å². The standard InChI is InChI=1S/C27H26ClN3O2S/c1-16-8-9-20(28)13-22(16)30-26(32)15-34-27-14-23(19-6-5-7-21(12-19)33-4)29-24-10-17(2)18(3)11-25(24)31-27/h5-13H,14-15H2,1-4H3,(H,30,32). The molecule has 5 nitrogen and oxygen atoms in total. The smallest absolute Gasteiger partial charge is 0.234 e. The van der Waals surface area contributed by atoms with E-state index >= 15 is 0 Å². The first-order valence-corrected chi connectivity index (χ1v) is 12.3. The number of rotatable bonds is 5. The third-order valence-electron chi connectivity index (χ3n) is 5.66. The minimum absolute atomic E-state index is 0.109. The number of methoxy groups -OCH3 is 1. The van der Waals surface area contributed by atoms with E-state index < -0.39 is 0 Å². The highest BCUT2D eigenvalue weighted by atomic mass is 35.5. The zero-order chi connectivity index (χ0) is 24.2. The molecule has 4 rings (SSSR count). The lowest BCUT2D eigenvalue weighted by Gasteiger charge is -2.10. The van der Waals surface area contributed by atoms with Crippen molar-refractivity contribution >= 4 is 57.1 Å². The molecule has 0 aromatic heterocycles. The molecule has 0 unspecified atom stereocenters. The van der Waals surface area contributed by atoms with E-state index in [9.17, 15) is 4.79 Å². The summed E-state index contributed by atoms with van der Waals surface area (Å²) in [7, 11) is 1.65. The van der Waals surface area contributed by atoms with Crippen LogP contribution in [0.3, 0.4) is 0 Å². The maximum Gasteiger partial charge on any atom is 0.234 e. The quantitative estimate of drug-likeness (QED) is 0.410. The van der Waals surface area contributed by atoms with Gasteiger partial charge in [-0.2, -0.15) is 0 Å². The normalized spacial score (nSPS) is 12.9. The molecule has 3 aromatic rings. The summed E-state index contributed by atoms with van der Waals surface area (Å²) in [6.07, 6.45) is 0.522. The second-order valence-electron chi connectivity index (χ2n) is 8.19. The molecule has 0 bridgehead atoms. The number of ether oxygens (including phenoxy) is 1. The van der Waals surface area contributed by atoms with Crippen molar-refractivity contribution in [3.05, 3.63) is 81.9 Å².